The summed E-state index contributed by atoms with van der Waals surface area (Å²) in [5.74, 6) is 2.24. The van der Waals surface area contributed by atoms with E-state index in [9.17, 15) is 4.79 Å². The topological polar surface area (TPSA) is 60.1 Å². The van der Waals surface area contributed by atoms with Crippen molar-refractivity contribution in [2.24, 2.45) is 0 Å². The Kier molecular flexibility index (Phi) is 5.33. The summed E-state index contributed by atoms with van der Waals surface area (Å²) in [5, 5.41) is 7.24. The molecule has 4 rings (SSSR count). The van der Waals surface area contributed by atoms with Gasteiger partial charge in [-0.2, -0.15) is 5.10 Å². The van der Waals surface area contributed by atoms with Crippen molar-refractivity contribution in [2.75, 3.05) is 5.32 Å². The Balaban J connectivity index is 1.33. The predicted molar refractivity (Wildman–Crippen MR) is 109 cm³/mol. The first-order valence-electron chi connectivity index (χ1n) is 9.28. The first-order valence-corrected chi connectivity index (χ1v) is 9.28. The summed E-state index contributed by atoms with van der Waals surface area (Å²) in [6, 6.07) is 25.6. The van der Waals surface area contributed by atoms with Gasteiger partial charge < -0.3 is 9.73 Å². The maximum Gasteiger partial charge on any atom is 0.225 e. The molecule has 1 amide bonds. The van der Waals surface area contributed by atoms with Crippen molar-refractivity contribution in [3.8, 4) is 11.3 Å². The maximum absolute atomic E-state index is 12.4. The quantitative estimate of drug-likeness (QED) is 0.509. The molecule has 5 heteroatoms. The highest BCUT2D eigenvalue weighted by molar-refractivity contribution is 5.89. The molecule has 5 nitrogen and oxygen atoms in total. The van der Waals surface area contributed by atoms with Gasteiger partial charge in [0.1, 0.15) is 17.3 Å². The summed E-state index contributed by atoms with van der Waals surface area (Å²) < 4.78 is 7.65. The zero-order valence-corrected chi connectivity index (χ0v) is 15.4. The Hall–Kier alpha value is -3.60. The van der Waals surface area contributed by atoms with E-state index in [-0.39, 0.29) is 5.91 Å². The Morgan fingerprint density at radius 3 is 2.46 bits per heavy atom. The molecule has 4 aromatic rings. The highest BCUT2D eigenvalue weighted by atomic mass is 16.3. The molecule has 0 radical (unpaired) electrons. The van der Waals surface area contributed by atoms with Gasteiger partial charge in [-0.15, -0.1) is 0 Å². The molecule has 0 atom stereocenters. The van der Waals surface area contributed by atoms with Crippen molar-refractivity contribution < 1.29 is 9.21 Å². The second-order valence-electron chi connectivity index (χ2n) is 6.54. The molecule has 0 saturated carbocycles. The van der Waals surface area contributed by atoms with Gasteiger partial charge in [-0.25, -0.2) is 4.68 Å². The molecule has 2 heterocycles. The first kappa shape index (κ1) is 17.8. The van der Waals surface area contributed by atoms with Gasteiger partial charge in [0.2, 0.25) is 5.91 Å². The summed E-state index contributed by atoms with van der Waals surface area (Å²) >= 11 is 0. The Morgan fingerprint density at radius 1 is 0.929 bits per heavy atom. The zero-order valence-electron chi connectivity index (χ0n) is 15.4. The van der Waals surface area contributed by atoms with Crippen LogP contribution in [0.4, 0.5) is 5.82 Å². The molecule has 0 spiro atoms. The number of benzene rings is 2. The fourth-order valence-corrected chi connectivity index (χ4v) is 3.03. The number of furan rings is 1. The number of carbonyl (C=O) groups excluding carboxylic acids is 1. The van der Waals surface area contributed by atoms with Crippen molar-refractivity contribution in [2.45, 2.75) is 19.4 Å². The van der Waals surface area contributed by atoms with Gasteiger partial charge in [-0.3, -0.25) is 4.79 Å². The molecular weight excluding hydrogens is 350 g/mol. The van der Waals surface area contributed by atoms with E-state index in [1.54, 1.807) is 16.9 Å². The number of aryl methyl sites for hydroxylation is 1. The van der Waals surface area contributed by atoms with Crippen molar-refractivity contribution in [1.29, 1.82) is 0 Å². The van der Waals surface area contributed by atoms with Crippen LogP contribution in [0, 0.1) is 0 Å². The van der Waals surface area contributed by atoms with Crippen LogP contribution in [0.15, 0.2) is 89.5 Å². The molecule has 0 bridgehead atoms. The number of hydrogen-bond acceptors (Lipinski definition) is 3. The van der Waals surface area contributed by atoms with Crippen LogP contribution in [0.25, 0.3) is 11.3 Å². The van der Waals surface area contributed by atoms with Crippen LogP contribution >= 0.6 is 0 Å². The fourth-order valence-electron chi connectivity index (χ4n) is 3.03. The Morgan fingerprint density at radius 2 is 1.68 bits per heavy atom. The Labute approximate surface area is 163 Å². The summed E-state index contributed by atoms with van der Waals surface area (Å²) in [6.07, 6.45) is 2.58. The van der Waals surface area contributed by atoms with Gasteiger partial charge in [0.05, 0.1) is 12.7 Å². The fraction of sp³-hybridized carbons (Fsp3) is 0.130. The molecule has 2 aromatic heterocycles. The second-order valence-corrected chi connectivity index (χ2v) is 6.54. The van der Waals surface area contributed by atoms with Crippen LogP contribution in [0.1, 0.15) is 17.7 Å². The van der Waals surface area contributed by atoms with Crippen molar-refractivity contribution in [1.82, 2.24) is 9.78 Å². The molecule has 1 N–H and O–H groups in total. The second kappa shape index (κ2) is 8.39. The standard InChI is InChI=1S/C23H21N3O2/c27-23(14-12-20-11-13-21(28-20)19-9-5-2-6-10-19)25-22-15-16-24-26(22)17-18-7-3-1-4-8-18/h1-11,13,15-16H,12,14,17H2,(H,25,27). The third-order valence-corrected chi connectivity index (χ3v) is 4.48. The van der Waals surface area contributed by atoms with E-state index in [0.717, 1.165) is 22.6 Å². The first-order chi connectivity index (χ1) is 13.8. The van der Waals surface area contributed by atoms with E-state index in [0.29, 0.717) is 25.2 Å². The molecule has 0 fully saturated rings. The van der Waals surface area contributed by atoms with Crippen LogP contribution in [0.3, 0.4) is 0 Å². The molecule has 0 aliphatic heterocycles. The highest BCUT2D eigenvalue weighted by Gasteiger charge is 2.10. The van der Waals surface area contributed by atoms with Crippen LogP contribution in [0.2, 0.25) is 0 Å². The largest absolute Gasteiger partial charge is 0.461 e. The number of amides is 1. The normalized spacial score (nSPS) is 10.7. The number of aromatic nitrogens is 2. The number of hydrogen-bond donors (Lipinski definition) is 1. The molecule has 0 aliphatic rings. The van der Waals surface area contributed by atoms with Crippen LogP contribution in [0.5, 0.6) is 0 Å². The SMILES string of the molecule is O=C(CCc1ccc(-c2ccccc2)o1)Nc1ccnn1Cc1ccccc1. The summed E-state index contributed by atoms with van der Waals surface area (Å²) in [6.45, 7) is 0.613. The molecule has 140 valence electrons. The summed E-state index contributed by atoms with van der Waals surface area (Å²) in [7, 11) is 0. The van der Waals surface area contributed by atoms with Gasteiger partial charge in [0, 0.05) is 24.5 Å². The van der Waals surface area contributed by atoms with Gasteiger partial charge >= 0.3 is 0 Å². The molecular formula is C23H21N3O2. The molecule has 28 heavy (non-hydrogen) atoms. The van der Waals surface area contributed by atoms with E-state index in [1.807, 2.05) is 72.8 Å². The third kappa shape index (κ3) is 4.38. The predicted octanol–water partition coefficient (Wildman–Crippen LogP) is 4.76. The lowest BCUT2D eigenvalue weighted by Gasteiger charge is -2.09. The van der Waals surface area contributed by atoms with Crippen molar-refractivity contribution >= 4 is 11.7 Å². The number of anilines is 1. The zero-order chi connectivity index (χ0) is 19.2. The minimum atomic E-state index is -0.0625. The number of nitrogens with one attached hydrogen (secondary N) is 1. The number of rotatable bonds is 7. The van der Waals surface area contributed by atoms with Gasteiger partial charge in [0.15, 0.2) is 0 Å². The number of carbonyl (C=O) groups is 1. The van der Waals surface area contributed by atoms with Crippen molar-refractivity contribution in [3.05, 3.63) is 96.4 Å². The summed E-state index contributed by atoms with van der Waals surface area (Å²) in [5.41, 5.74) is 2.16. The van der Waals surface area contributed by atoms with Gasteiger partial charge in [-0.1, -0.05) is 60.7 Å². The van der Waals surface area contributed by atoms with E-state index < -0.39 is 0 Å². The van der Waals surface area contributed by atoms with Crippen LogP contribution in [-0.2, 0) is 17.8 Å². The minimum absolute atomic E-state index is 0.0625. The third-order valence-electron chi connectivity index (χ3n) is 4.48. The van der Waals surface area contributed by atoms with Crippen LogP contribution in [-0.4, -0.2) is 15.7 Å². The Bertz CT molecular complexity index is 1040. The van der Waals surface area contributed by atoms with Gasteiger partial charge in [0.25, 0.3) is 0 Å². The van der Waals surface area contributed by atoms with E-state index in [2.05, 4.69) is 10.4 Å². The lowest BCUT2D eigenvalue weighted by Crippen LogP contribution is -2.16. The molecule has 2 aromatic carbocycles. The average molecular weight is 371 g/mol. The lowest BCUT2D eigenvalue weighted by atomic mass is 10.2. The van der Waals surface area contributed by atoms with Gasteiger partial charge in [-0.05, 0) is 17.7 Å². The smallest absolute Gasteiger partial charge is 0.225 e. The molecule has 0 unspecified atom stereocenters. The van der Waals surface area contributed by atoms with E-state index in [4.69, 9.17) is 4.42 Å². The lowest BCUT2D eigenvalue weighted by molar-refractivity contribution is -0.116. The molecule has 0 saturated heterocycles. The average Bonchev–Trinajstić information content (AvgIpc) is 3.38. The number of nitrogens with zero attached hydrogens (tertiary/aromatic N) is 2. The van der Waals surface area contributed by atoms with E-state index in [1.165, 1.54) is 0 Å². The maximum atomic E-state index is 12.4. The highest BCUT2D eigenvalue weighted by Crippen LogP contribution is 2.22. The van der Waals surface area contributed by atoms with Crippen molar-refractivity contribution in [3.63, 3.8) is 0 Å². The minimum Gasteiger partial charge on any atom is -0.461 e. The molecule has 0 aliphatic carbocycles. The summed E-state index contributed by atoms with van der Waals surface area (Å²) in [4.78, 5) is 12.4. The van der Waals surface area contributed by atoms with E-state index >= 15 is 0 Å². The monoisotopic (exact) mass is 371 g/mol. The van der Waals surface area contributed by atoms with Crippen LogP contribution < -0.4 is 5.32 Å².